The normalized spacial score (nSPS) is 15.8. The molecule has 9 aromatic rings. The molecule has 57 heavy (non-hydrogen) atoms. The van der Waals surface area contributed by atoms with Crippen LogP contribution in [0.1, 0.15) is 45.0 Å². The summed E-state index contributed by atoms with van der Waals surface area (Å²) >= 11 is 1.85. The maximum absolute atomic E-state index is 6.72. The fourth-order valence-electron chi connectivity index (χ4n) is 9.45. The minimum Gasteiger partial charge on any atom is -0.457 e. The Hall–Kier alpha value is -7.01. The summed E-state index contributed by atoms with van der Waals surface area (Å²) in [6.07, 6.45) is 2.28. The second-order valence-electron chi connectivity index (χ2n) is 15.1. The number of hydrogen-bond donors (Lipinski definition) is 1. The molecule has 1 aliphatic carbocycles. The van der Waals surface area contributed by atoms with Crippen molar-refractivity contribution in [1.29, 1.82) is 0 Å². The van der Waals surface area contributed by atoms with Crippen LogP contribution in [-0.2, 0) is 5.41 Å². The Morgan fingerprint density at radius 3 is 1.96 bits per heavy atom. The van der Waals surface area contributed by atoms with Crippen molar-refractivity contribution < 1.29 is 4.74 Å². The Kier molecular flexibility index (Phi) is 7.08. The number of benzene rings is 8. The van der Waals surface area contributed by atoms with Gasteiger partial charge in [0.1, 0.15) is 17.3 Å². The van der Waals surface area contributed by atoms with Gasteiger partial charge in [0.05, 0.1) is 11.5 Å². The summed E-state index contributed by atoms with van der Waals surface area (Å²) in [5, 5.41) is 6.34. The first-order valence-electron chi connectivity index (χ1n) is 19.5. The smallest absolute Gasteiger partial charge is 0.133 e. The van der Waals surface area contributed by atoms with E-state index >= 15 is 0 Å². The number of fused-ring (bicyclic) bond motifs is 12. The van der Waals surface area contributed by atoms with E-state index in [4.69, 9.17) is 9.73 Å². The van der Waals surface area contributed by atoms with Gasteiger partial charge in [0.25, 0.3) is 0 Å². The molecule has 0 bridgehead atoms. The SMILES string of the molecule is C1=C(c2cccc(-c3ccc4c(c3)C3(c5ccccc5O4)c4ccccc4-c4ccccc43)c2)NC(c2ccccc2)=NC1c1ccc2c(c1)sc1ccccc12. The highest BCUT2D eigenvalue weighted by molar-refractivity contribution is 7.25. The largest absolute Gasteiger partial charge is 0.457 e. The second kappa shape index (κ2) is 12.5. The quantitative estimate of drug-likeness (QED) is 0.195. The summed E-state index contributed by atoms with van der Waals surface area (Å²) in [6, 6.07) is 67.7. The number of nitrogens with zero attached hydrogens (tertiary/aromatic N) is 1. The summed E-state index contributed by atoms with van der Waals surface area (Å²) in [4.78, 5) is 5.30. The van der Waals surface area contributed by atoms with Crippen LogP contribution in [0.4, 0.5) is 0 Å². The molecular formula is C53H34N2OS. The van der Waals surface area contributed by atoms with Crippen LogP contribution in [0, 0.1) is 0 Å². The zero-order chi connectivity index (χ0) is 37.5. The van der Waals surface area contributed by atoms with Crippen LogP contribution < -0.4 is 10.1 Å². The van der Waals surface area contributed by atoms with Crippen molar-refractivity contribution in [3.8, 4) is 33.8 Å². The number of amidine groups is 1. The Balaban J connectivity index is 0.990. The van der Waals surface area contributed by atoms with Gasteiger partial charge >= 0.3 is 0 Å². The van der Waals surface area contributed by atoms with Gasteiger partial charge in [-0.1, -0.05) is 152 Å². The highest BCUT2D eigenvalue weighted by Gasteiger charge is 2.51. The van der Waals surface area contributed by atoms with E-state index in [0.717, 1.165) is 50.8 Å². The van der Waals surface area contributed by atoms with Crippen LogP contribution in [-0.4, -0.2) is 5.84 Å². The molecule has 268 valence electrons. The van der Waals surface area contributed by atoms with Gasteiger partial charge in [0.2, 0.25) is 0 Å². The van der Waals surface area contributed by atoms with Gasteiger partial charge in [-0.15, -0.1) is 11.3 Å². The monoisotopic (exact) mass is 746 g/mol. The number of nitrogens with one attached hydrogen (secondary N) is 1. The molecule has 8 aromatic carbocycles. The van der Waals surface area contributed by atoms with E-state index in [-0.39, 0.29) is 6.04 Å². The number of hydrogen-bond acceptors (Lipinski definition) is 4. The molecule has 0 saturated carbocycles. The topological polar surface area (TPSA) is 33.6 Å². The first kappa shape index (κ1) is 32.3. The zero-order valence-electron chi connectivity index (χ0n) is 30.8. The molecule has 0 radical (unpaired) electrons. The van der Waals surface area contributed by atoms with Crippen LogP contribution in [0.25, 0.3) is 48.1 Å². The summed E-state index contributed by atoms with van der Waals surface area (Å²) in [7, 11) is 0. The second-order valence-corrected chi connectivity index (χ2v) is 16.2. The number of para-hydroxylation sites is 1. The Labute approximate surface area is 334 Å². The van der Waals surface area contributed by atoms with Crippen molar-refractivity contribution in [3.05, 3.63) is 233 Å². The van der Waals surface area contributed by atoms with E-state index in [9.17, 15) is 0 Å². The third kappa shape index (κ3) is 4.87. The van der Waals surface area contributed by atoms with Gasteiger partial charge in [0.15, 0.2) is 0 Å². The molecule has 1 unspecified atom stereocenters. The van der Waals surface area contributed by atoms with E-state index in [1.807, 2.05) is 11.3 Å². The summed E-state index contributed by atoms with van der Waals surface area (Å²) in [5.74, 6) is 2.66. The van der Waals surface area contributed by atoms with Gasteiger partial charge in [-0.3, -0.25) is 4.99 Å². The Bertz CT molecular complexity index is 3110. The fraction of sp³-hybridized carbons (Fsp3) is 0.0377. The molecule has 2 aliphatic heterocycles. The van der Waals surface area contributed by atoms with Crippen molar-refractivity contribution >= 4 is 43.0 Å². The predicted molar refractivity (Wildman–Crippen MR) is 235 cm³/mol. The van der Waals surface area contributed by atoms with Crippen LogP contribution in [0.2, 0.25) is 0 Å². The van der Waals surface area contributed by atoms with Crippen LogP contribution >= 0.6 is 11.3 Å². The lowest BCUT2D eigenvalue weighted by Crippen LogP contribution is -2.32. The molecule has 0 fully saturated rings. The van der Waals surface area contributed by atoms with E-state index in [1.165, 1.54) is 53.6 Å². The average Bonchev–Trinajstić information content (AvgIpc) is 3.80. The minimum atomic E-state index is -0.512. The van der Waals surface area contributed by atoms with Crippen LogP contribution in [0.3, 0.4) is 0 Å². The first-order chi connectivity index (χ1) is 28.2. The van der Waals surface area contributed by atoms with E-state index in [0.29, 0.717) is 0 Å². The van der Waals surface area contributed by atoms with E-state index in [2.05, 4.69) is 199 Å². The van der Waals surface area contributed by atoms with E-state index < -0.39 is 5.41 Å². The van der Waals surface area contributed by atoms with Gasteiger partial charge in [-0.05, 0) is 87.0 Å². The Morgan fingerprint density at radius 2 is 1.12 bits per heavy atom. The van der Waals surface area contributed by atoms with Crippen molar-refractivity contribution in [3.63, 3.8) is 0 Å². The van der Waals surface area contributed by atoms with Crippen molar-refractivity contribution in [2.24, 2.45) is 4.99 Å². The molecule has 1 aromatic heterocycles. The number of rotatable bonds is 4. The van der Waals surface area contributed by atoms with Gasteiger partial charge < -0.3 is 10.1 Å². The molecule has 1 spiro atoms. The maximum atomic E-state index is 6.72. The number of thiophene rings is 1. The molecule has 0 amide bonds. The van der Waals surface area contributed by atoms with Gasteiger partial charge in [-0.25, -0.2) is 0 Å². The fourth-order valence-corrected chi connectivity index (χ4v) is 10.6. The summed E-state index contributed by atoms with van der Waals surface area (Å²) in [6.45, 7) is 0. The standard InChI is InChI=1S/C53H34N2OS/c1-2-13-33(14-3-1)52-54-46(32-47(55-52)37-25-27-41-40-19-6-11-24-50(40)57-51(41)31-37)36-16-12-15-34(29-36)35-26-28-49-45(30-35)53(44-22-9-10-23-48(44)56-49)42-20-7-4-17-38(42)39-18-5-8-21-43(39)53/h1-32,47H,(H,54,55). The first-order valence-corrected chi connectivity index (χ1v) is 20.3. The Morgan fingerprint density at radius 1 is 0.474 bits per heavy atom. The van der Waals surface area contributed by atoms with Crippen molar-refractivity contribution in [2.45, 2.75) is 11.5 Å². The highest BCUT2D eigenvalue weighted by Crippen LogP contribution is 2.62. The highest BCUT2D eigenvalue weighted by atomic mass is 32.1. The third-order valence-corrected chi connectivity index (χ3v) is 13.1. The lowest BCUT2D eigenvalue weighted by molar-refractivity contribution is 0.436. The van der Waals surface area contributed by atoms with Crippen LogP contribution in [0.5, 0.6) is 11.5 Å². The predicted octanol–water partition coefficient (Wildman–Crippen LogP) is 13.3. The molecule has 1 N–H and O–H groups in total. The molecule has 4 heteroatoms. The van der Waals surface area contributed by atoms with Crippen molar-refractivity contribution in [1.82, 2.24) is 5.32 Å². The number of aliphatic imine (C=N–C) groups is 1. The summed E-state index contributed by atoms with van der Waals surface area (Å²) < 4.78 is 9.31. The molecule has 1 atom stereocenters. The van der Waals surface area contributed by atoms with Crippen LogP contribution in [0.15, 0.2) is 199 Å². The van der Waals surface area contributed by atoms with Crippen molar-refractivity contribution in [2.75, 3.05) is 0 Å². The third-order valence-electron chi connectivity index (χ3n) is 12.0. The average molecular weight is 747 g/mol. The molecular weight excluding hydrogens is 713 g/mol. The molecule has 0 saturated heterocycles. The molecule has 3 nitrogen and oxygen atoms in total. The summed E-state index contributed by atoms with van der Waals surface area (Å²) in [5.41, 5.74) is 13.6. The van der Waals surface area contributed by atoms with Gasteiger partial charge in [0, 0.05) is 42.6 Å². The molecule has 12 rings (SSSR count). The lowest BCUT2D eigenvalue weighted by Gasteiger charge is -2.39. The minimum absolute atomic E-state index is 0.155. The molecule has 3 heterocycles. The lowest BCUT2D eigenvalue weighted by atomic mass is 9.66. The zero-order valence-corrected chi connectivity index (χ0v) is 31.6. The maximum Gasteiger partial charge on any atom is 0.133 e. The number of ether oxygens (including phenoxy) is 1. The van der Waals surface area contributed by atoms with Gasteiger partial charge in [-0.2, -0.15) is 0 Å². The molecule has 3 aliphatic rings. The van der Waals surface area contributed by atoms with E-state index in [1.54, 1.807) is 0 Å².